The number of carboxylic acids is 1. The van der Waals surface area contributed by atoms with Crippen molar-refractivity contribution >= 4 is 61.6 Å². The lowest BCUT2D eigenvalue weighted by Gasteiger charge is -2.43. The van der Waals surface area contributed by atoms with Gasteiger partial charge in [0.2, 0.25) is 5.91 Å². The summed E-state index contributed by atoms with van der Waals surface area (Å²) in [5.74, 6) is -2.36. The topological polar surface area (TPSA) is 181 Å². The molecule has 4 N–H and O–H groups in total. The first-order valence-corrected chi connectivity index (χ1v) is 13.7. The number of carboxylic acid groups (broad SMARTS) is 1. The van der Waals surface area contributed by atoms with E-state index >= 15 is 0 Å². The highest BCUT2D eigenvalue weighted by Gasteiger charge is 2.64. The number of carbonyl (C=O) groups is 3. The van der Waals surface area contributed by atoms with Gasteiger partial charge in [0, 0.05) is 23.0 Å². The number of hydrogen-bond donors (Lipinski definition) is 3. The Morgan fingerprint density at radius 2 is 2.03 bits per heavy atom. The molecular formula is C18H23N5O7S3. The van der Waals surface area contributed by atoms with Crippen molar-refractivity contribution in [1.29, 1.82) is 0 Å². The molecule has 3 aliphatic rings. The van der Waals surface area contributed by atoms with Gasteiger partial charge in [-0.15, -0.1) is 23.1 Å². The summed E-state index contributed by atoms with van der Waals surface area (Å²) in [7, 11) is -3.09. The van der Waals surface area contributed by atoms with E-state index in [0.29, 0.717) is 0 Å². The Bertz CT molecular complexity index is 1120. The van der Waals surface area contributed by atoms with Gasteiger partial charge in [-0.2, -0.15) is 0 Å². The highest BCUT2D eigenvalue weighted by atomic mass is 32.2. The molecule has 2 amide bonds. The van der Waals surface area contributed by atoms with Crippen LogP contribution < -0.4 is 11.1 Å². The van der Waals surface area contributed by atoms with Crippen molar-refractivity contribution in [2.24, 2.45) is 5.16 Å². The maximum Gasteiger partial charge on any atom is 0.327 e. The fraction of sp³-hybridized carbons (Fsp3) is 0.611. The average Bonchev–Trinajstić information content (AvgIpc) is 3.26. The van der Waals surface area contributed by atoms with Gasteiger partial charge in [0.15, 0.2) is 20.7 Å². The number of anilines is 1. The predicted octanol–water partition coefficient (Wildman–Crippen LogP) is -0.345. The fourth-order valence-corrected chi connectivity index (χ4v) is 7.68. The summed E-state index contributed by atoms with van der Waals surface area (Å²) < 4.78 is 22.5. The molecule has 3 fully saturated rings. The minimum absolute atomic E-state index is 0.0236. The van der Waals surface area contributed by atoms with E-state index in [0.717, 1.165) is 11.3 Å². The molecule has 0 aliphatic carbocycles. The number of fused-ring (bicyclic) bond motifs is 1. The highest BCUT2D eigenvalue weighted by molar-refractivity contribution is 8.01. The number of oxime groups is 1. The number of carbonyl (C=O) groups excluding carboxylic acids is 2. The fourth-order valence-electron chi connectivity index (χ4n) is 4.06. The van der Waals surface area contributed by atoms with Crippen molar-refractivity contribution in [1.82, 2.24) is 15.2 Å². The zero-order chi connectivity index (χ0) is 24.1. The molecule has 15 heteroatoms. The maximum atomic E-state index is 13.1. The van der Waals surface area contributed by atoms with Crippen LogP contribution in [0.3, 0.4) is 0 Å². The summed E-state index contributed by atoms with van der Waals surface area (Å²) in [4.78, 5) is 48.2. The van der Waals surface area contributed by atoms with Crippen LogP contribution in [0.15, 0.2) is 10.5 Å². The molecule has 180 valence electrons. The van der Waals surface area contributed by atoms with Crippen molar-refractivity contribution in [2.75, 3.05) is 17.2 Å². The SMILES string of the molecule is CC1(C)S[C@@H]2[C@@H](NC(=O)C(=NOC3CCS(=O)(=O)CC3)c3csc(N)n3)C(=O)N2[C@H]1C(=O)O. The molecule has 0 spiro atoms. The Hall–Kier alpha value is -2.39. The zero-order valence-corrected chi connectivity index (χ0v) is 20.2. The predicted molar refractivity (Wildman–Crippen MR) is 121 cm³/mol. The molecule has 3 saturated heterocycles. The highest BCUT2D eigenvalue weighted by Crippen LogP contribution is 2.50. The second kappa shape index (κ2) is 8.43. The summed E-state index contributed by atoms with van der Waals surface area (Å²) in [6.07, 6.45) is 0.0245. The lowest BCUT2D eigenvalue weighted by molar-refractivity contribution is -0.160. The lowest BCUT2D eigenvalue weighted by atomic mass is 9.96. The van der Waals surface area contributed by atoms with Gasteiger partial charge in [-0.25, -0.2) is 18.2 Å². The first-order valence-electron chi connectivity index (χ1n) is 10.1. The lowest BCUT2D eigenvalue weighted by Crippen LogP contribution is -2.71. The molecule has 1 aromatic rings. The first-order chi connectivity index (χ1) is 15.4. The van der Waals surface area contributed by atoms with Gasteiger partial charge in [0.1, 0.15) is 29.3 Å². The third-order valence-corrected chi connectivity index (χ3v) is 9.70. The van der Waals surface area contributed by atoms with Gasteiger partial charge in [-0.05, 0) is 13.8 Å². The van der Waals surface area contributed by atoms with Crippen LogP contribution in [0.25, 0.3) is 0 Å². The number of aliphatic carboxylic acids is 1. The molecule has 4 rings (SSSR count). The van der Waals surface area contributed by atoms with E-state index in [2.05, 4.69) is 15.5 Å². The van der Waals surface area contributed by atoms with Gasteiger partial charge < -0.3 is 25.9 Å². The minimum Gasteiger partial charge on any atom is -0.480 e. The van der Waals surface area contributed by atoms with E-state index in [1.165, 1.54) is 22.0 Å². The number of amides is 2. The van der Waals surface area contributed by atoms with Crippen molar-refractivity contribution in [3.63, 3.8) is 0 Å². The third kappa shape index (κ3) is 4.53. The van der Waals surface area contributed by atoms with E-state index < -0.39 is 55.9 Å². The van der Waals surface area contributed by atoms with E-state index in [1.807, 2.05) is 0 Å². The number of nitrogens with one attached hydrogen (secondary N) is 1. The van der Waals surface area contributed by atoms with Gasteiger partial charge in [-0.1, -0.05) is 5.16 Å². The number of nitrogens with two attached hydrogens (primary N) is 1. The number of hydrogen-bond acceptors (Lipinski definition) is 11. The van der Waals surface area contributed by atoms with Crippen LogP contribution in [-0.2, 0) is 29.1 Å². The second-order valence-electron chi connectivity index (χ2n) is 8.52. The van der Waals surface area contributed by atoms with Crippen LogP contribution in [0.1, 0.15) is 32.4 Å². The summed E-state index contributed by atoms with van der Waals surface area (Å²) in [6, 6.07) is -1.92. The van der Waals surface area contributed by atoms with Crippen LogP contribution in [0, 0.1) is 0 Å². The largest absolute Gasteiger partial charge is 0.480 e. The van der Waals surface area contributed by atoms with Crippen molar-refractivity contribution in [3.8, 4) is 0 Å². The Labute approximate surface area is 197 Å². The minimum atomic E-state index is -3.09. The molecule has 4 heterocycles. The standard InChI is InChI=1S/C18H23N5O7S3/c1-18(2)12(16(26)27)23-14(25)11(15(23)32-18)21-13(24)10(9-7-31-17(19)20-9)22-30-8-3-5-33(28,29)6-4-8/h7-8,11-12,15H,3-6H2,1-2H3,(H2,19,20)(H,21,24)(H,26,27)/t11-,12-,15+/m0/s1. The Morgan fingerprint density at radius 1 is 1.36 bits per heavy atom. The molecule has 1 aromatic heterocycles. The molecule has 0 aromatic carbocycles. The Kier molecular flexibility index (Phi) is 6.07. The van der Waals surface area contributed by atoms with E-state index in [1.54, 1.807) is 13.8 Å². The molecule has 0 saturated carbocycles. The Morgan fingerprint density at radius 3 is 2.61 bits per heavy atom. The number of nitrogens with zero attached hydrogens (tertiary/aromatic N) is 3. The van der Waals surface area contributed by atoms with Gasteiger partial charge in [-0.3, -0.25) is 9.59 Å². The number of β-lactam (4-membered cyclic amide) rings is 1. The normalized spacial score (nSPS) is 28.7. The number of nitrogen functional groups attached to an aromatic ring is 1. The molecule has 33 heavy (non-hydrogen) atoms. The quantitative estimate of drug-likeness (QED) is 0.256. The number of thiazole rings is 1. The van der Waals surface area contributed by atoms with Crippen LogP contribution in [-0.4, -0.2) is 86.7 Å². The van der Waals surface area contributed by atoms with Gasteiger partial charge in [0.05, 0.1) is 11.5 Å². The molecule has 0 unspecified atom stereocenters. The molecular weight excluding hydrogens is 494 g/mol. The molecule has 0 bridgehead atoms. The van der Waals surface area contributed by atoms with Crippen molar-refractivity contribution in [2.45, 2.75) is 55.0 Å². The first kappa shape index (κ1) is 23.8. The number of aromatic nitrogens is 1. The van der Waals surface area contributed by atoms with Crippen LogP contribution in [0.4, 0.5) is 5.13 Å². The summed E-state index contributed by atoms with van der Waals surface area (Å²) in [6.45, 7) is 3.48. The van der Waals surface area contributed by atoms with Gasteiger partial charge in [0.25, 0.3) is 5.91 Å². The summed E-state index contributed by atoms with van der Waals surface area (Å²) in [5.41, 5.74) is 5.65. The smallest absolute Gasteiger partial charge is 0.327 e. The molecule has 12 nitrogen and oxygen atoms in total. The second-order valence-corrected chi connectivity index (χ2v) is 13.5. The maximum absolute atomic E-state index is 13.1. The number of rotatable bonds is 6. The van der Waals surface area contributed by atoms with Crippen molar-refractivity contribution < 1.29 is 32.7 Å². The third-order valence-electron chi connectivity index (χ3n) is 5.74. The zero-order valence-electron chi connectivity index (χ0n) is 17.8. The monoisotopic (exact) mass is 517 g/mol. The van der Waals surface area contributed by atoms with Crippen LogP contribution in [0.5, 0.6) is 0 Å². The summed E-state index contributed by atoms with van der Waals surface area (Å²) in [5, 5.41) is 17.3. The van der Waals surface area contributed by atoms with Crippen LogP contribution in [0.2, 0.25) is 0 Å². The van der Waals surface area contributed by atoms with E-state index in [4.69, 9.17) is 10.6 Å². The molecule has 3 atom stereocenters. The van der Waals surface area contributed by atoms with E-state index in [-0.39, 0.29) is 40.9 Å². The number of thioether (sulfide) groups is 1. The Balaban J connectivity index is 1.50. The summed E-state index contributed by atoms with van der Waals surface area (Å²) >= 11 is 2.40. The number of sulfone groups is 1. The van der Waals surface area contributed by atoms with E-state index in [9.17, 15) is 27.9 Å². The average molecular weight is 518 g/mol. The molecule has 3 aliphatic heterocycles. The van der Waals surface area contributed by atoms with Crippen LogP contribution >= 0.6 is 23.1 Å². The molecule has 0 radical (unpaired) electrons. The van der Waals surface area contributed by atoms with Crippen molar-refractivity contribution in [3.05, 3.63) is 11.1 Å². The van der Waals surface area contributed by atoms with Gasteiger partial charge >= 0.3 is 5.97 Å².